The van der Waals surface area contributed by atoms with Gasteiger partial charge in [0.05, 0.1) is 6.10 Å². The van der Waals surface area contributed by atoms with Crippen LogP contribution in [-0.4, -0.2) is 5.11 Å². The lowest BCUT2D eigenvalue weighted by atomic mass is 10.1. The van der Waals surface area contributed by atoms with Crippen molar-refractivity contribution >= 4 is 0 Å². The molecule has 0 bridgehead atoms. The molecule has 1 atom stereocenters. The van der Waals surface area contributed by atoms with Crippen molar-refractivity contribution in [3.05, 3.63) is 35.1 Å². The summed E-state index contributed by atoms with van der Waals surface area (Å²) in [4.78, 5) is 0. The zero-order valence-corrected chi connectivity index (χ0v) is 6.63. The molecular formula is C9H11FO. The number of halogens is 1. The molecule has 0 fully saturated rings. The number of aliphatic hydroxyl groups is 1. The van der Waals surface area contributed by atoms with Crippen LogP contribution >= 0.6 is 0 Å². The SMILES string of the molecule is Cc1cc(C(C)O)ccc1F. The molecule has 0 radical (unpaired) electrons. The molecule has 0 aliphatic heterocycles. The summed E-state index contributed by atoms with van der Waals surface area (Å²) in [7, 11) is 0. The quantitative estimate of drug-likeness (QED) is 0.657. The molecule has 2 heteroatoms. The number of rotatable bonds is 1. The molecule has 0 saturated heterocycles. The predicted molar refractivity (Wildman–Crippen MR) is 41.8 cm³/mol. The second-order valence-electron chi connectivity index (χ2n) is 2.68. The zero-order chi connectivity index (χ0) is 8.43. The minimum absolute atomic E-state index is 0.227. The molecule has 0 aliphatic rings. The summed E-state index contributed by atoms with van der Waals surface area (Å²) in [6, 6.07) is 4.62. The van der Waals surface area contributed by atoms with Crippen LogP contribution in [0.3, 0.4) is 0 Å². The number of aryl methyl sites for hydroxylation is 1. The van der Waals surface area contributed by atoms with Crippen molar-refractivity contribution in [3.8, 4) is 0 Å². The van der Waals surface area contributed by atoms with Crippen LogP contribution in [0.2, 0.25) is 0 Å². The van der Waals surface area contributed by atoms with E-state index in [2.05, 4.69) is 0 Å². The van der Waals surface area contributed by atoms with Gasteiger partial charge in [-0.15, -0.1) is 0 Å². The van der Waals surface area contributed by atoms with E-state index in [0.29, 0.717) is 5.56 Å². The highest BCUT2D eigenvalue weighted by atomic mass is 19.1. The highest BCUT2D eigenvalue weighted by Crippen LogP contribution is 2.15. The zero-order valence-electron chi connectivity index (χ0n) is 6.63. The van der Waals surface area contributed by atoms with E-state index in [0.717, 1.165) is 5.56 Å². The maximum absolute atomic E-state index is 12.7. The van der Waals surface area contributed by atoms with Crippen molar-refractivity contribution in [3.63, 3.8) is 0 Å². The maximum Gasteiger partial charge on any atom is 0.126 e. The third kappa shape index (κ3) is 1.77. The second kappa shape index (κ2) is 3.01. The van der Waals surface area contributed by atoms with Crippen molar-refractivity contribution in [2.45, 2.75) is 20.0 Å². The Bertz CT molecular complexity index is 256. The first-order chi connectivity index (χ1) is 5.11. The molecule has 0 amide bonds. The molecule has 0 saturated carbocycles. The Balaban J connectivity index is 3.05. The summed E-state index contributed by atoms with van der Waals surface area (Å²) in [5.74, 6) is -0.227. The van der Waals surface area contributed by atoms with Crippen LogP contribution in [0.25, 0.3) is 0 Å². The van der Waals surface area contributed by atoms with E-state index < -0.39 is 6.10 Å². The largest absolute Gasteiger partial charge is 0.389 e. The van der Waals surface area contributed by atoms with Gasteiger partial charge in [0.2, 0.25) is 0 Å². The van der Waals surface area contributed by atoms with Crippen molar-refractivity contribution in [1.29, 1.82) is 0 Å². The monoisotopic (exact) mass is 154 g/mol. The molecule has 11 heavy (non-hydrogen) atoms. The number of hydrogen-bond donors (Lipinski definition) is 1. The molecule has 1 aromatic rings. The van der Waals surface area contributed by atoms with Gasteiger partial charge in [0.15, 0.2) is 0 Å². The van der Waals surface area contributed by atoms with Crippen molar-refractivity contribution < 1.29 is 9.50 Å². The van der Waals surface area contributed by atoms with Gasteiger partial charge >= 0.3 is 0 Å². The van der Waals surface area contributed by atoms with E-state index >= 15 is 0 Å². The number of aliphatic hydroxyl groups excluding tert-OH is 1. The fourth-order valence-electron chi connectivity index (χ4n) is 0.928. The molecular weight excluding hydrogens is 143 g/mol. The van der Waals surface area contributed by atoms with Gasteiger partial charge < -0.3 is 5.11 Å². The van der Waals surface area contributed by atoms with Gasteiger partial charge in [-0.1, -0.05) is 12.1 Å². The van der Waals surface area contributed by atoms with Crippen LogP contribution in [0.5, 0.6) is 0 Å². The van der Waals surface area contributed by atoms with Gasteiger partial charge in [-0.2, -0.15) is 0 Å². The Hall–Kier alpha value is -0.890. The molecule has 1 aromatic carbocycles. The molecule has 0 aliphatic carbocycles. The van der Waals surface area contributed by atoms with E-state index in [1.54, 1.807) is 26.0 Å². The van der Waals surface area contributed by atoms with Crippen molar-refractivity contribution in [1.82, 2.24) is 0 Å². The van der Waals surface area contributed by atoms with Gasteiger partial charge in [-0.05, 0) is 31.0 Å². The van der Waals surface area contributed by atoms with Crippen LogP contribution in [0.1, 0.15) is 24.2 Å². The first-order valence-corrected chi connectivity index (χ1v) is 3.55. The van der Waals surface area contributed by atoms with Gasteiger partial charge in [-0.25, -0.2) is 4.39 Å². The molecule has 0 heterocycles. The molecule has 1 nitrogen and oxygen atoms in total. The smallest absolute Gasteiger partial charge is 0.126 e. The predicted octanol–water partition coefficient (Wildman–Crippen LogP) is 2.19. The third-order valence-corrected chi connectivity index (χ3v) is 1.66. The normalized spacial score (nSPS) is 13.1. The maximum atomic E-state index is 12.7. The molecule has 60 valence electrons. The van der Waals surface area contributed by atoms with Crippen molar-refractivity contribution in [2.24, 2.45) is 0 Å². The Morgan fingerprint density at radius 1 is 1.45 bits per heavy atom. The van der Waals surface area contributed by atoms with Crippen LogP contribution in [0.15, 0.2) is 18.2 Å². The summed E-state index contributed by atoms with van der Waals surface area (Å²) in [6.07, 6.45) is -0.519. The fraction of sp³-hybridized carbons (Fsp3) is 0.333. The second-order valence-corrected chi connectivity index (χ2v) is 2.68. The van der Waals surface area contributed by atoms with E-state index in [-0.39, 0.29) is 5.82 Å². The number of benzene rings is 1. The van der Waals surface area contributed by atoms with Crippen LogP contribution < -0.4 is 0 Å². The van der Waals surface area contributed by atoms with Crippen molar-refractivity contribution in [2.75, 3.05) is 0 Å². The summed E-state index contributed by atoms with van der Waals surface area (Å²) < 4.78 is 12.7. The topological polar surface area (TPSA) is 20.2 Å². The Morgan fingerprint density at radius 3 is 2.55 bits per heavy atom. The van der Waals surface area contributed by atoms with E-state index in [1.165, 1.54) is 6.07 Å². The molecule has 1 N–H and O–H groups in total. The first-order valence-electron chi connectivity index (χ1n) is 3.55. The Kier molecular flexibility index (Phi) is 2.25. The summed E-state index contributed by atoms with van der Waals surface area (Å²) >= 11 is 0. The summed E-state index contributed by atoms with van der Waals surface area (Å²) in [5.41, 5.74) is 1.33. The lowest BCUT2D eigenvalue weighted by Crippen LogP contribution is -1.92. The average Bonchev–Trinajstić information content (AvgIpc) is 1.94. The molecule has 1 unspecified atom stereocenters. The Morgan fingerprint density at radius 2 is 2.09 bits per heavy atom. The minimum atomic E-state index is -0.519. The molecule has 0 spiro atoms. The molecule has 0 aromatic heterocycles. The van der Waals surface area contributed by atoms with E-state index in [4.69, 9.17) is 5.11 Å². The molecule has 1 rings (SSSR count). The highest BCUT2D eigenvalue weighted by molar-refractivity contribution is 5.25. The average molecular weight is 154 g/mol. The van der Waals surface area contributed by atoms with Gasteiger partial charge in [0, 0.05) is 0 Å². The summed E-state index contributed by atoms with van der Waals surface area (Å²) in [6.45, 7) is 3.34. The number of hydrogen-bond acceptors (Lipinski definition) is 1. The van der Waals surface area contributed by atoms with E-state index in [9.17, 15) is 4.39 Å². The third-order valence-electron chi connectivity index (χ3n) is 1.66. The van der Waals surface area contributed by atoms with Gasteiger partial charge in [0.1, 0.15) is 5.82 Å². The lowest BCUT2D eigenvalue weighted by molar-refractivity contribution is 0.199. The Labute approximate surface area is 65.5 Å². The van der Waals surface area contributed by atoms with Crippen LogP contribution in [0.4, 0.5) is 4.39 Å². The highest BCUT2D eigenvalue weighted by Gasteiger charge is 2.02. The van der Waals surface area contributed by atoms with Crippen LogP contribution in [-0.2, 0) is 0 Å². The van der Waals surface area contributed by atoms with Gasteiger partial charge in [-0.3, -0.25) is 0 Å². The van der Waals surface area contributed by atoms with E-state index in [1.807, 2.05) is 0 Å². The van der Waals surface area contributed by atoms with Gasteiger partial charge in [0.25, 0.3) is 0 Å². The minimum Gasteiger partial charge on any atom is -0.389 e. The summed E-state index contributed by atoms with van der Waals surface area (Å²) in [5, 5.41) is 9.12. The standard InChI is InChI=1S/C9H11FO/c1-6-5-8(7(2)11)3-4-9(6)10/h3-5,7,11H,1-2H3. The fourth-order valence-corrected chi connectivity index (χ4v) is 0.928. The van der Waals surface area contributed by atoms with Crippen LogP contribution in [0, 0.1) is 12.7 Å². The lowest BCUT2D eigenvalue weighted by Gasteiger charge is -2.05. The first kappa shape index (κ1) is 8.21.